The molecule has 0 aliphatic rings. The van der Waals surface area contributed by atoms with Crippen LogP contribution in [0.5, 0.6) is 5.75 Å². The number of ether oxygens (including phenoxy) is 1. The van der Waals surface area contributed by atoms with Crippen LogP contribution in [0.1, 0.15) is 22.8 Å². The van der Waals surface area contributed by atoms with Gasteiger partial charge < -0.3 is 26.8 Å². The molecule has 4 aromatic rings. The molecule has 0 bridgehead atoms. The van der Waals surface area contributed by atoms with Gasteiger partial charge >= 0.3 is 0 Å². The van der Waals surface area contributed by atoms with E-state index >= 15 is 0 Å². The first-order valence-electron chi connectivity index (χ1n) is 10.4. The lowest BCUT2D eigenvalue weighted by Crippen LogP contribution is -2.47. The molecule has 0 spiro atoms. The highest BCUT2D eigenvalue weighted by Crippen LogP contribution is 2.38. The fourth-order valence-electron chi connectivity index (χ4n) is 3.65. The van der Waals surface area contributed by atoms with E-state index in [0.29, 0.717) is 34.9 Å². The number of amides is 2. The van der Waals surface area contributed by atoms with Crippen molar-refractivity contribution in [1.82, 2.24) is 0 Å². The molecule has 4 rings (SSSR count). The maximum absolute atomic E-state index is 13.2. The van der Waals surface area contributed by atoms with Crippen LogP contribution in [0.15, 0.2) is 60.7 Å². The number of methoxy groups -OCH3 is 1. The van der Waals surface area contributed by atoms with Gasteiger partial charge in [-0.25, -0.2) is 0 Å². The van der Waals surface area contributed by atoms with Gasteiger partial charge in [0.15, 0.2) is 0 Å². The van der Waals surface area contributed by atoms with Gasteiger partial charge in [0.2, 0.25) is 5.91 Å². The SMILES string of the molecule is COc1ccc(NC(C)=O)cc1NC(=O)c1cc(C[NH3+])c(N)c(-c2cc3ccccc3s2)c1. The molecule has 0 aliphatic heterocycles. The van der Waals surface area contributed by atoms with Crippen molar-refractivity contribution in [1.29, 1.82) is 0 Å². The number of rotatable bonds is 6. The number of anilines is 3. The summed E-state index contributed by atoms with van der Waals surface area (Å²) in [5.41, 5.74) is 14.1. The van der Waals surface area contributed by atoms with Crippen molar-refractivity contribution in [3.05, 3.63) is 71.8 Å². The van der Waals surface area contributed by atoms with Crippen LogP contribution in [0.25, 0.3) is 20.5 Å². The molecule has 1 heterocycles. The molecule has 0 saturated heterocycles. The molecule has 0 unspecified atom stereocenters. The average Bonchev–Trinajstić information content (AvgIpc) is 3.23. The summed E-state index contributed by atoms with van der Waals surface area (Å²) >= 11 is 1.63. The van der Waals surface area contributed by atoms with Gasteiger partial charge in [-0.3, -0.25) is 9.59 Å². The van der Waals surface area contributed by atoms with E-state index in [0.717, 1.165) is 26.1 Å². The monoisotopic (exact) mass is 461 g/mol. The first-order valence-corrected chi connectivity index (χ1v) is 11.2. The zero-order valence-electron chi connectivity index (χ0n) is 18.4. The molecular weight excluding hydrogens is 436 g/mol. The maximum atomic E-state index is 13.2. The number of thiophene rings is 1. The summed E-state index contributed by atoms with van der Waals surface area (Å²) in [6.07, 6.45) is 0. The second-order valence-corrected chi connectivity index (χ2v) is 8.63. The van der Waals surface area contributed by atoms with Crippen LogP contribution in [-0.4, -0.2) is 18.9 Å². The first-order chi connectivity index (χ1) is 15.9. The second kappa shape index (κ2) is 9.32. The van der Waals surface area contributed by atoms with Crippen LogP contribution in [0.4, 0.5) is 17.1 Å². The highest BCUT2D eigenvalue weighted by Gasteiger charge is 2.18. The molecule has 33 heavy (non-hydrogen) atoms. The molecule has 3 aromatic carbocycles. The van der Waals surface area contributed by atoms with Crippen molar-refractivity contribution in [2.75, 3.05) is 23.5 Å². The van der Waals surface area contributed by atoms with E-state index in [4.69, 9.17) is 10.5 Å². The number of quaternary nitrogens is 1. The van der Waals surface area contributed by atoms with Crippen molar-refractivity contribution < 1.29 is 20.1 Å². The number of carbonyl (C=O) groups is 2. The lowest BCUT2D eigenvalue weighted by Gasteiger charge is -2.14. The third-order valence-electron chi connectivity index (χ3n) is 5.26. The van der Waals surface area contributed by atoms with E-state index in [1.54, 1.807) is 41.7 Å². The van der Waals surface area contributed by atoms with Crippen LogP contribution >= 0.6 is 11.3 Å². The van der Waals surface area contributed by atoms with Crippen molar-refractivity contribution in [2.24, 2.45) is 0 Å². The Labute approximate surface area is 195 Å². The number of fused-ring (bicyclic) bond motifs is 1. The Morgan fingerprint density at radius 2 is 1.85 bits per heavy atom. The molecule has 0 fully saturated rings. The van der Waals surface area contributed by atoms with Gasteiger partial charge in [0.25, 0.3) is 5.91 Å². The normalized spacial score (nSPS) is 10.8. The molecule has 8 heteroatoms. The van der Waals surface area contributed by atoms with Gasteiger partial charge in [0, 0.05) is 44.6 Å². The van der Waals surface area contributed by atoms with Crippen molar-refractivity contribution in [3.63, 3.8) is 0 Å². The minimum Gasteiger partial charge on any atom is -0.495 e. The van der Waals surface area contributed by atoms with E-state index in [2.05, 4.69) is 34.6 Å². The summed E-state index contributed by atoms with van der Waals surface area (Å²) < 4.78 is 6.53. The smallest absolute Gasteiger partial charge is 0.255 e. The first kappa shape index (κ1) is 22.3. The topological polar surface area (TPSA) is 121 Å². The Hall–Kier alpha value is -3.88. The Morgan fingerprint density at radius 1 is 1.06 bits per heavy atom. The highest BCUT2D eigenvalue weighted by atomic mass is 32.1. The predicted molar refractivity (Wildman–Crippen MR) is 134 cm³/mol. The summed E-state index contributed by atoms with van der Waals surface area (Å²) in [7, 11) is 1.52. The zero-order chi connectivity index (χ0) is 23.5. The van der Waals surface area contributed by atoms with Crippen LogP contribution < -0.4 is 26.8 Å². The van der Waals surface area contributed by atoms with Crippen LogP contribution in [-0.2, 0) is 11.3 Å². The largest absolute Gasteiger partial charge is 0.495 e. The Bertz CT molecular complexity index is 1330. The van der Waals surface area contributed by atoms with Crippen molar-refractivity contribution in [3.8, 4) is 16.2 Å². The molecule has 0 radical (unpaired) electrons. The maximum Gasteiger partial charge on any atom is 0.255 e. The quantitative estimate of drug-likeness (QED) is 0.323. The summed E-state index contributed by atoms with van der Waals surface area (Å²) in [5, 5.41) is 6.73. The summed E-state index contributed by atoms with van der Waals surface area (Å²) in [4.78, 5) is 25.6. The third kappa shape index (κ3) is 4.67. The fourth-order valence-corrected chi connectivity index (χ4v) is 4.74. The van der Waals surface area contributed by atoms with Crippen LogP contribution in [0.3, 0.4) is 0 Å². The van der Waals surface area contributed by atoms with Gasteiger partial charge in [-0.2, -0.15) is 0 Å². The van der Waals surface area contributed by atoms with Crippen molar-refractivity contribution in [2.45, 2.75) is 13.5 Å². The summed E-state index contributed by atoms with van der Waals surface area (Å²) in [5.74, 6) is -0.0376. The number of benzene rings is 3. The molecule has 2 amide bonds. The third-order valence-corrected chi connectivity index (χ3v) is 6.41. The van der Waals surface area contributed by atoms with E-state index in [9.17, 15) is 9.59 Å². The standard InChI is InChI=1S/C25H24N4O3S/c1-14(30)28-18-7-8-21(32-2)20(12-18)29-25(31)16-9-17(13-26)24(27)19(10-16)23-11-15-5-3-4-6-22(15)33-23/h3-12H,13,26-27H2,1-2H3,(H,28,30)(H,29,31)/p+1. The van der Waals surface area contributed by atoms with E-state index in [-0.39, 0.29) is 11.8 Å². The molecule has 7 nitrogen and oxygen atoms in total. The van der Waals surface area contributed by atoms with E-state index in [1.807, 2.05) is 12.1 Å². The molecule has 0 atom stereocenters. The number of nitrogens with one attached hydrogen (secondary N) is 2. The van der Waals surface area contributed by atoms with Gasteiger partial charge in [-0.05, 0) is 47.9 Å². The summed E-state index contributed by atoms with van der Waals surface area (Å²) in [6.45, 7) is 1.87. The number of hydrogen-bond acceptors (Lipinski definition) is 5. The molecule has 168 valence electrons. The van der Waals surface area contributed by atoms with Gasteiger partial charge in [-0.15, -0.1) is 11.3 Å². The molecule has 0 saturated carbocycles. The lowest BCUT2D eigenvalue weighted by atomic mass is 10.0. The predicted octanol–water partition coefficient (Wildman–Crippen LogP) is 4.11. The fraction of sp³-hybridized carbons (Fsp3) is 0.120. The highest BCUT2D eigenvalue weighted by molar-refractivity contribution is 7.22. The second-order valence-electron chi connectivity index (χ2n) is 7.55. The number of nitrogen functional groups attached to an aromatic ring is 1. The van der Waals surface area contributed by atoms with Gasteiger partial charge in [0.05, 0.1) is 12.8 Å². The minimum atomic E-state index is -0.315. The van der Waals surface area contributed by atoms with Gasteiger partial charge in [0.1, 0.15) is 12.3 Å². The Balaban J connectivity index is 1.73. The average molecular weight is 462 g/mol. The minimum absolute atomic E-state index is 0.205. The van der Waals surface area contributed by atoms with Crippen molar-refractivity contribution >= 4 is 50.3 Å². The Morgan fingerprint density at radius 3 is 2.55 bits per heavy atom. The Kier molecular flexibility index (Phi) is 6.30. The molecule has 0 aliphatic carbocycles. The number of hydrogen-bond donors (Lipinski definition) is 4. The lowest BCUT2D eigenvalue weighted by molar-refractivity contribution is -0.386. The summed E-state index contributed by atoms with van der Waals surface area (Å²) in [6, 6.07) is 18.8. The van der Waals surface area contributed by atoms with E-state index < -0.39 is 0 Å². The zero-order valence-corrected chi connectivity index (χ0v) is 19.2. The number of nitrogens with two attached hydrogens (primary N) is 1. The van der Waals surface area contributed by atoms with Gasteiger partial charge in [-0.1, -0.05) is 18.2 Å². The number of carbonyl (C=O) groups excluding carboxylic acids is 2. The molecule has 1 aromatic heterocycles. The van der Waals surface area contributed by atoms with E-state index in [1.165, 1.54) is 14.0 Å². The van der Waals surface area contributed by atoms with Crippen LogP contribution in [0, 0.1) is 0 Å². The molecular formula is C25H25N4O3S+. The van der Waals surface area contributed by atoms with Crippen LogP contribution in [0.2, 0.25) is 0 Å². The molecule has 7 N–H and O–H groups in total.